The Balaban J connectivity index is 2.19. The van der Waals surface area contributed by atoms with Crippen LogP contribution in [0.4, 0.5) is 5.69 Å². The van der Waals surface area contributed by atoms with E-state index in [1.54, 1.807) is 4.90 Å². The Bertz CT molecular complexity index is 562. The zero-order valence-corrected chi connectivity index (χ0v) is 14.3. The van der Waals surface area contributed by atoms with Crippen molar-refractivity contribution in [3.05, 3.63) is 34.7 Å². The van der Waals surface area contributed by atoms with Gasteiger partial charge in [-0.25, -0.2) is 0 Å². The number of hydrogen-bond acceptors (Lipinski definition) is 4. The summed E-state index contributed by atoms with van der Waals surface area (Å²) in [5, 5.41) is 0. The van der Waals surface area contributed by atoms with Crippen molar-refractivity contribution in [2.75, 3.05) is 24.5 Å². The van der Waals surface area contributed by atoms with Crippen LogP contribution >= 0.6 is 24.0 Å². The van der Waals surface area contributed by atoms with Gasteiger partial charge in [0.25, 0.3) is 5.91 Å². The van der Waals surface area contributed by atoms with Crippen molar-refractivity contribution in [1.29, 1.82) is 0 Å². The van der Waals surface area contributed by atoms with Gasteiger partial charge in [0.05, 0.1) is 4.91 Å². The normalized spacial score (nSPS) is 16.9. The van der Waals surface area contributed by atoms with Crippen LogP contribution in [0, 0.1) is 0 Å². The average Bonchev–Trinajstić information content (AvgIpc) is 2.76. The summed E-state index contributed by atoms with van der Waals surface area (Å²) in [5.74, 6) is 0.0142. The van der Waals surface area contributed by atoms with Crippen LogP contribution in [0.1, 0.15) is 26.3 Å². The first-order valence-electron chi connectivity index (χ1n) is 7.21. The zero-order valence-electron chi connectivity index (χ0n) is 12.6. The number of hydrogen-bond donors (Lipinski definition) is 0. The average molecular weight is 320 g/mol. The minimum absolute atomic E-state index is 0.0142. The molecule has 0 aromatic heterocycles. The van der Waals surface area contributed by atoms with Gasteiger partial charge >= 0.3 is 0 Å². The molecule has 1 amide bonds. The lowest BCUT2D eigenvalue weighted by molar-refractivity contribution is -0.121. The SMILES string of the molecule is CCN1C(=O)/C(=C/c2ccc(N(CC)CC)cc2)SC1=S. The highest BCUT2D eigenvalue weighted by molar-refractivity contribution is 8.26. The second-order valence-corrected chi connectivity index (χ2v) is 6.37. The Morgan fingerprint density at radius 2 is 1.81 bits per heavy atom. The van der Waals surface area contributed by atoms with Gasteiger partial charge in [-0.15, -0.1) is 0 Å². The predicted octanol–water partition coefficient (Wildman–Crippen LogP) is 3.75. The molecule has 0 radical (unpaired) electrons. The van der Waals surface area contributed by atoms with Crippen molar-refractivity contribution in [2.45, 2.75) is 20.8 Å². The van der Waals surface area contributed by atoms with Crippen LogP contribution in [0.15, 0.2) is 29.2 Å². The van der Waals surface area contributed by atoms with Crippen molar-refractivity contribution in [1.82, 2.24) is 4.90 Å². The molecular formula is C16H20N2OS2. The Labute approximate surface area is 136 Å². The van der Waals surface area contributed by atoms with Gasteiger partial charge in [-0.3, -0.25) is 9.69 Å². The minimum atomic E-state index is 0.0142. The van der Waals surface area contributed by atoms with Crippen molar-refractivity contribution in [2.24, 2.45) is 0 Å². The summed E-state index contributed by atoms with van der Waals surface area (Å²) in [6, 6.07) is 8.29. The van der Waals surface area contributed by atoms with Gasteiger partial charge in [0.1, 0.15) is 4.32 Å². The van der Waals surface area contributed by atoms with Gasteiger partial charge in [0.2, 0.25) is 0 Å². The number of benzene rings is 1. The van der Waals surface area contributed by atoms with Gasteiger partial charge in [0, 0.05) is 25.3 Å². The number of anilines is 1. The third-order valence-electron chi connectivity index (χ3n) is 3.51. The largest absolute Gasteiger partial charge is 0.372 e. The van der Waals surface area contributed by atoms with Crippen molar-refractivity contribution >= 4 is 46.0 Å². The van der Waals surface area contributed by atoms with Gasteiger partial charge in [-0.1, -0.05) is 36.1 Å². The van der Waals surface area contributed by atoms with Crippen LogP contribution in [0.2, 0.25) is 0 Å². The van der Waals surface area contributed by atoms with Crippen LogP contribution in [-0.2, 0) is 4.79 Å². The minimum Gasteiger partial charge on any atom is -0.372 e. The number of likely N-dealkylation sites (N-methyl/N-ethyl adjacent to an activating group) is 1. The molecule has 0 spiro atoms. The molecule has 0 aliphatic carbocycles. The maximum absolute atomic E-state index is 12.2. The lowest BCUT2D eigenvalue weighted by atomic mass is 10.1. The molecule has 0 unspecified atom stereocenters. The molecule has 5 heteroatoms. The summed E-state index contributed by atoms with van der Waals surface area (Å²) >= 11 is 6.60. The van der Waals surface area contributed by atoms with Crippen molar-refractivity contribution in [3.8, 4) is 0 Å². The summed E-state index contributed by atoms with van der Waals surface area (Å²) in [6.45, 7) is 8.84. The topological polar surface area (TPSA) is 23.6 Å². The maximum atomic E-state index is 12.2. The number of amides is 1. The Kier molecular flexibility index (Phi) is 5.42. The van der Waals surface area contributed by atoms with Crippen molar-refractivity contribution in [3.63, 3.8) is 0 Å². The highest BCUT2D eigenvalue weighted by Gasteiger charge is 2.30. The predicted molar refractivity (Wildman–Crippen MR) is 95.6 cm³/mol. The van der Waals surface area contributed by atoms with E-state index in [1.807, 2.05) is 25.1 Å². The molecule has 1 aliphatic heterocycles. The fraction of sp³-hybridized carbons (Fsp3) is 0.375. The third kappa shape index (κ3) is 3.47. The molecule has 2 rings (SSSR count). The second kappa shape index (κ2) is 7.09. The lowest BCUT2D eigenvalue weighted by Crippen LogP contribution is -2.27. The van der Waals surface area contributed by atoms with E-state index in [0.717, 1.165) is 18.7 Å². The monoisotopic (exact) mass is 320 g/mol. The van der Waals surface area contributed by atoms with Gasteiger partial charge in [0.15, 0.2) is 0 Å². The molecule has 1 aromatic carbocycles. The first-order chi connectivity index (χ1) is 10.1. The maximum Gasteiger partial charge on any atom is 0.266 e. The zero-order chi connectivity index (χ0) is 15.4. The van der Waals surface area contributed by atoms with E-state index >= 15 is 0 Å². The van der Waals surface area contributed by atoms with E-state index in [2.05, 4.69) is 30.9 Å². The molecule has 1 aliphatic rings. The number of carbonyl (C=O) groups is 1. The third-order valence-corrected chi connectivity index (χ3v) is 4.89. The quantitative estimate of drug-likeness (QED) is 0.609. The van der Waals surface area contributed by atoms with E-state index < -0.39 is 0 Å². The molecular weight excluding hydrogens is 300 g/mol. The van der Waals surface area contributed by atoms with Crippen LogP contribution in [0.3, 0.4) is 0 Å². The summed E-state index contributed by atoms with van der Waals surface area (Å²) in [4.78, 5) is 16.8. The van der Waals surface area contributed by atoms with Crippen molar-refractivity contribution < 1.29 is 4.79 Å². The highest BCUT2D eigenvalue weighted by atomic mass is 32.2. The molecule has 3 nitrogen and oxygen atoms in total. The first kappa shape index (κ1) is 16.0. The number of thiocarbonyl (C=S) groups is 1. The van der Waals surface area contributed by atoms with Gasteiger partial charge < -0.3 is 4.90 Å². The molecule has 1 heterocycles. The lowest BCUT2D eigenvalue weighted by Gasteiger charge is -2.20. The molecule has 112 valence electrons. The fourth-order valence-electron chi connectivity index (χ4n) is 2.29. The van der Waals surface area contributed by atoms with E-state index in [4.69, 9.17) is 12.2 Å². The molecule has 1 aromatic rings. The summed E-state index contributed by atoms with van der Waals surface area (Å²) in [5.41, 5.74) is 2.24. The van der Waals surface area contributed by atoms with E-state index in [-0.39, 0.29) is 5.91 Å². The Morgan fingerprint density at radius 3 is 2.29 bits per heavy atom. The van der Waals surface area contributed by atoms with Gasteiger partial charge in [-0.05, 0) is 44.5 Å². The Hall–Kier alpha value is -1.33. The highest BCUT2D eigenvalue weighted by Crippen LogP contribution is 2.32. The number of carbonyl (C=O) groups excluding carboxylic acids is 1. The van der Waals surface area contributed by atoms with Crippen LogP contribution in [-0.4, -0.2) is 34.8 Å². The summed E-state index contributed by atoms with van der Waals surface area (Å²) < 4.78 is 0.647. The van der Waals surface area contributed by atoms with Crippen LogP contribution in [0.5, 0.6) is 0 Å². The molecule has 0 atom stereocenters. The fourth-order valence-corrected chi connectivity index (χ4v) is 3.68. The van der Waals surface area contributed by atoms with Gasteiger partial charge in [-0.2, -0.15) is 0 Å². The molecule has 1 fully saturated rings. The summed E-state index contributed by atoms with van der Waals surface area (Å²) in [6.07, 6.45) is 1.92. The molecule has 0 saturated carbocycles. The van der Waals surface area contributed by atoms with Crippen LogP contribution in [0.25, 0.3) is 6.08 Å². The number of nitrogens with zero attached hydrogens (tertiary/aromatic N) is 2. The van der Waals surface area contributed by atoms with E-state index in [0.29, 0.717) is 15.8 Å². The molecule has 0 bridgehead atoms. The molecule has 21 heavy (non-hydrogen) atoms. The summed E-state index contributed by atoms with van der Waals surface area (Å²) in [7, 11) is 0. The van der Waals surface area contributed by atoms with E-state index in [1.165, 1.54) is 17.4 Å². The molecule has 1 saturated heterocycles. The number of thioether (sulfide) groups is 1. The Morgan fingerprint density at radius 1 is 1.19 bits per heavy atom. The smallest absolute Gasteiger partial charge is 0.266 e. The first-order valence-corrected chi connectivity index (χ1v) is 8.43. The molecule has 0 N–H and O–H groups in total. The van der Waals surface area contributed by atoms with Crippen LogP contribution < -0.4 is 4.90 Å². The number of rotatable bonds is 5. The standard InChI is InChI=1S/C16H20N2OS2/c1-4-17(5-2)13-9-7-12(8-10-13)11-14-15(19)18(6-3)16(20)21-14/h7-11H,4-6H2,1-3H3/b14-11-. The van der Waals surface area contributed by atoms with E-state index in [9.17, 15) is 4.79 Å². The second-order valence-electron chi connectivity index (χ2n) is 4.69.